The molecular weight excluding hydrogens is 158 g/mol. The second-order valence-electron chi connectivity index (χ2n) is 3.43. The van der Waals surface area contributed by atoms with E-state index in [2.05, 4.69) is 6.92 Å². The van der Waals surface area contributed by atoms with Crippen LogP contribution < -0.4 is 5.73 Å². The molecule has 1 saturated heterocycles. The molecule has 66 valence electrons. The van der Waals surface area contributed by atoms with Crippen LogP contribution in [-0.4, -0.2) is 29.3 Å². The molecule has 0 saturated carbocycles. The predicted octanol–water partition coefficient (Wildman–Crippen LogP) is 0.839. The average molecular weight is 175 g/mol. The van der Waals surface area contributed by atoms with E-state index in [0.29, 0.717) is 0 Å². The lowest BCUT2D eigenvalue weighted by Gasteiger charge is -2.31. The zero-order valence-corrected chi connectivity index (χ0v) is 7.86. The maximum absolute atomic E-state index is 8.88. The van der Waals surface area contributed by atoms with Crippen LogP contribution in [0.25, 0.3) is 0 Å². The van der Waals surface area contributed by atoms with Crippen molar-refractivity contribution in [2.75, 3.05) is 18.1 Å². The molecule has 0 amide bonds. The molecule has 0 radical (unpaired) electrons. The summed E-state index contributed by atoms with van der Waals surface area (Å²) in [7, 11) is 0. The quantitative estimate of drug-likeness (QED) is 0.668. The number of hydrogen-bond acceptors (Lipinski definition) is 3. The van der Waals surface area contributed by atoms with Gasteiger partial charge in [-0.05, 0) is 30.9 Å². The lowest BCUT2D eigenvalue weighted by atomic mass is 9.78. The van der Waals surface area contributed by atoms with Crippen LogP contribution in [0.15, 0.2) is 0 Å². The third kappa shape index (κ3) is 1.89. The summed E-state index contributed by atoms with van der Waals surface area (Å²) in [4.78, 5) is 0. The Morgan fingerprint density at radius 2 is 2.45 bits per heavy atom. The molecule has 1 heterocycles. The van der Waals surface area contributed by atoms with E-state index < -0.39 is 0 Å². The van der Waals surface area contributed by atoms with Crippen molar-refractivity contribution in [3.63, 3.8) is 0 Å². The van der Waals surface area contributed by atoms with Gasteiger partial charge in [0.05, 0.1) is 0 Å². The monoisotopic (exact) mass is 175 g/mol. The molecule has 2 atom stereocenters. The molecule has 0 aromatic carbocycles. The van der Waals surface area contributed by atoms with Gasteiger partial charge in [0.15, 0.2) is 0 Å². The summed E-state index contributed by atoms with van der Waals surface area (Å²) in [6.07, 6.45) is 2.05. The Kier molecular flexibility index (Phi) is 3.22. The first-order chi connectivity index (χ1) is 5.21. The summed E-state index contributed by atoms with van der Waals surface area (Å²) in [6.45, 7) is 2.34. The predicted molar refractivity (Wildman–Crippen MR) is 49.7 cm³/mol. The van der Waals surface area contributed by atoms with Crippen molar-refractivity contribution in [3.8, 4) is 0 Å². The van der Waals surface area contributed by atoms with Gasteiger partial charge in [0, 0.05) is 18.4 Å². The van der Waals surface area contributed by atoms with Gasteiger partial charge in [-0.1, -0.05) is 0 Å². The van der Waals surface area contributed by atoms with Gasteiger partial charge in [0.1, 0.15) is 0 Å². The Hall–Kier alpha value is 0.270. The SMILES string of the molecule is CC(N)C1(CCO)CCSC1. The molecule has 1 aliphatic rings. The molecule has 1 aliphatic heterocycles. The summed E-state index contributed by atoms with van der Waals surface area (Å²) in [5, 5.41) is 8.88. The Morgan fingerprint density at radius 3 is 2.82 bits per heavy atom. The lowest BCUT2D eigenvalue weighted by molar-refractivity contribution is 0.178. The summed E-state index contributed by atoms with van der Waals surface area (Å²) in [6, 6.07) is 0.227. The van der Waals surface area contributed by atoms with E-state index in [-0.39, 0.29) is 18.1 Å². The largest absolute Gasteiger partial charge is 0.396 e. The molecule has 3 heteroatoms. The number of thioether (sulfide) groups is 1. The lowest BCUT2D eigenvalue weighted by Crippen LogP contribution is -2.40. The molecule has 0 aromatic rings. The smallest absolute Gasteiger partial charge is 0.0437 e. The first-order valence-corrected chi connectivity index (χ1v) is 5.31. The molecule has 11 heavy (non-hydrogen) atoms. The molecule has 3 N–H and O–H groups in total. The fourth-order valence-electron chi connectivity index (χ4n) is 1.63. The van der Waals surface area contributed by atoms with Crippen molar-refractivity contribution < 1.29 is 5.11 Å². The van der Waals surface area contributed by atoms with Crippen LogP contribution in [0.1, 0.15) is 19.8 Å². The van der Waals surface area contributed by atoms with Crippen molar-refractivity contribution in [2.24, 2.45) is 11.1 Å². The summed E-state index contributed by atoms with van der Waals surface area (Å²) < 4.78 is 0. The summed E-state index contributed by atoms with van der Waals surface area (Å²) >= 11 is 1.96. The fourth-order valence-corrected chi connectivity index (χ4v) is 3.28. The molecular formula is C8H17NOS. The first-order valence-electron chi connectivity index (χ1n) is 4.15. The van der Waals surface area contributed by atoms with Gasteiger partial charge in [-0.15, -0.1) is 0 Å². The Balaban J connectivity index is 2.55. The van der Waals surface area contributed by atoms with E-state index in [4.69, 9.17) is 10.8 Å². The number of hydrogen-bond donors (Lipinski definition) is 2. The second kappa shape index (κ2) is 3.78. The van der Waals surface area contributed by atoms with E-state index in [9.17, 15) is 0 Å². The van der Waals surface area contributed by atoms with Gasteiger partial charge in [-0.2, -0.15) is 11.8 Å². The molecule has 1 fully saturated rings. The highest BCUT2D eigenvalue weighted by atomic mass is 32.2. The maximum Gasteiger partial charge on any atom is 0.0437 e. The van der Waals surface area contributed by atoms with Crippen LogP contribution in [0.5, 0.6) is 0 Å². The Labute approximate surface area is 72.5 Å². The van der Waals surface area contributed by atoms with E-state index in [1.165, 1.54) is 12.2 Å². The van der Waals surface area contributed by atoms with Gasteiger partial charge < -0.3 is 10.8 Å². The average Bonchev–Trinajstić information content (AvgIpc) is 2.38. The van der Waals surface area contributed by atoms with Crippen molar-refractivity contribution in [1.82, 2.24) is 0 Å². The third-order valence-electron chi connectivity index (χ3n) is 2.71. The van der Waals surface area contributed by atoms with Gasteiger partial charge in [-0.25, -0.2) is 0 Å². The van der Waals surface area contributed by atoms with Crippen LogP contribution in [0.2, 0.25) is 0 Å². The van der Waals surface area contributed by atoms with Gasteiger partial charge >= 0.3 is 0 Å². The molecule has 2 unspecified atom stereocenters. The molecule has 1 rings (SSSR count). The second-order valence-corrected chi connectivity index (χ2v) is 4.53. The van der Waals surface area contributed by atoms with Crippen LogP contribution >= 0.6 is 11.8 Å². The summed E-state index contributed by atoms with van der Waals surface area (Å²) in [5.74, 6) is 2.34. The number of rotatable bonds is 3. The highest BCUT2D eigenvalue weighted by molar-refractivity contribution is 7.99. The molecule has 0 spiro atoms. The molecule has 0 aromatic heterocycles. The minimum absolute atomic E-state index is 0.227. The zero-order valence-electron chi connectivity index (χ0n) is 7.05. The fraction of sp³-hybridized carbons (Fsp3) is 1.00. The minimum Gasteiger partial charge on any atom is -0.396 e. The number of nitrogens with two attached hydrogens (primary N) is 1. The summed E-state index contributed by atoms with van der Waals surface area (Å²) in [5.41, 5.74) is 6.13. The number of aliphatic hydroxyl groups is 1. The van der Waals surface area contributed by atoms with Crippen LogP contribution in [0, 0.1) is 5.41 Å². The normalized spacial score (nSPS) is 34.1. The molecule has 0 bridgehead atoms. The van der Waals surface area contributed by atoms with Crippen LogP contribution in [0.4, 0.5) is 0 Å². The van der Waals surface area contributed by atoms with Crippen LogP contribution in [0.3, 0.4) is 0 Å². The highest BCUT2D eigenvalue weighted by Crippen LogP contribution is 2.40. The number of aliphatic hydroxyl groups excluding tert-OH is 1. The zero-order chi connectivity index (χ0) is 8.32. The van der Waals surface area contributed by atoms with Crippen LogP contribution in [-0.2, 0) is 0 Å². The van der Waals surface area contributed by atoms with E-state index in [0.717, 1.165) is 12.2 Å². The van der Waals surface area contributed by atoms with Gasteiger partial charge in [0.2, 0.25) is 0 Å². The van der Waals surface area contributed by atoms with Gasteiger partial charge in [-0.3, -0.25) is 0 Å². The topological polar surface area (TPSA) is 46.2 Å². The van der Waals surface area contributed by atoms with Gasteiger partial charge in [0.25, 0.3) is 0 Å². The van der Waals surface area contributed by atoms with E-state index in [1.807, 2.05) is 11.8 Å². The highest BCUT2D eigenvalue weighted by Gasteiger charge is 2.36. The standard InChI is InChI=1S/C8H17NOS/c1-7(9)8(2-4-10)3-5-11-6-8/h7,10H,2-6,9H2,1H3. The third-order valence-corrected chi connectivity index (χ3v) is 3.98. The maximum atomic E-state index is 8.88. The molecule has 0 aliphatic carbocycles. The van der Waals surface area contributed by atoms with Crippen molar-refractivity contribution in [3.05, 3.63) is 0 Å². The van der Waals surface area contributed by atoms with Crippen molar-refractivity contribution in [1.29, 1.82) is 0 Å². The Bertz CT molecular complexity index is 121. The van der Waals surface area contributed by atoms with Crippen molar-refractivity contribution >= 4 is 11.8 Å². The van der Waals surface area contributed by atoms with E-state index >= 15 is 0 Å². The van der Waals surface area contributed by atoms with E-state index in [1.54, 1.807) is 0 Å². The first kappa shape index (κ1) is 9.36. The van der Waals surface area contributed by atoms with Crippen molar-refractivity contribution in [2.45, 2.75) is 25.8 Å². The molecule has 2 nitrogen and oxygen atoms in total. The minimum atomic E-state index is 0.227. The Morgan fingerprint density at radius 1 is 1.73 bits per heavy atom.